The predicted molar refractivity (Wildman–Crippen MR) is 89.2 cm³/mol. The van der Waals surface area contributed by atoms with E-state index in [4.69, 9.17) is 0 Å². The van der Waals surface area contributed by atoms with Crippen LogP contribution in [0.25, 0.3) is 0 Å². The Labute approximate surface area is 136 Å². The molecule has 0 aliphatic carbocycles. The molecule has 0 bridgehead atoms. The van der Waals surface area contributed by atoms with Gasteiger partial charge >= 0.3 is 0 Å². The van der Waals surface area contributed by atoms with Gasteiger partial charge in [0.1, 0.15) is 0 Å². The molecule has 0 fully saturated rings. The molecule has 0 aliphatic rings. The van der Waals surface area contributed by atoms with E-state index < -0.39 is 14.6 Å². The van der Waals surface area contributed by atoms with Crippen LogP contribution in [0.1, 0.15) is 38.1 Å². The smallest absolute Gasteiger partial charge is 0.258 e. The van der Waals surface area contributed by atoms with Gasteiger partial charge in [-0.05, 0) is 52.0 Å². The number of amides is 1. The van der Waals surface area contributed by atoms with Gasteiger partial charge in [-0.1, -0.05) is 0 Å². The first kappa shape index (κ1) is 17.2. The van der Waals surface area contributed by atoms with Crippen LogP contribution >= 0.6 is 0 Å². The normalized spacial score (nSPS) is 12.2. The van der Waals surface area contributed by atoms with Crippen LogP contribution in [0.3, 0.4) is 0 Å². The zero-order valence-corrected chi connectivity index (χ0v) is 14.5. The van der Waals surface area contributed by atoms with Crippen molar-refractivity contribution in [3.63, 3.8) is 0 Å². The number of benzene rings is 1. The van der Waals surface area contributed by atoms with E-state index in [1.165, 1.54) is 18.3 Å². The summed E-state index contributed by atoms with van der Waals surface area (Å²) >= 11 is 0. The highest BCUT2D eigenvalue weighted by atomic mass is 32.2. The zero-order chi connectivity index (χ0) is 17.3. The van der Waals surface area contributed by atoms with Gasteiger partial charge in [-0.2, -0.15) is 5.10 Å². The number of carbonyl (C=O) groups excluding carboxylic acids is 1. The molecule has 1 amide bonds. The van der Waals surface area contributed by atoms with Crippen LogP contribution in [0, 0.1) is 0 Å². The molecule has 2 aromatic rings. The second-order valence-electron chi connectivity index (χ2n) is 6.18. The summed E-state index contributed by atoms with van der Waals surface area (Å²) in [4.78, 5) is 12.3. The van der Waals surface area contributed by atoms with Crippen LogP contribution in [0.2, 0.25) is 0 Å². The van der Waals surface area contributed by atoms with Crippen molar-refractivity contribution in [2.45, 2.75) is 43.9 Å². The van der Waals surface area contributed by atoms with E-state index in [0.29, 0.717) is 17.8 Å². The largest absolute Gasteiger partial charge is 0.322 e. The van der Waals surface area contributed by atoms with Gasteiger partial charge in [-0.3, -0.25) is 9.48 Å². The molecule has 0 spiro atoms. The van der Waals surface area contributed by atoms with E-state index in [2.05, 4.69) is 10.4 Å². The Kier molecular flexibility index (Phi) is 4.61. The molecular formula is C16H21N3O3S. The Morgan fingerprint density at radius 2 is 1.83 bits per heavy atom. The van der Waals surface area contributed by atoms with E-state index in [-0.39, 0.29) is 10.8 Å². The molecule has 23 heavy (non-hydrogen) atoms. The van der Waals surface area contributed by atoms with Crippen molar-refractivity contribution in [1.82, 2.24) is 9.78 Å². The number of nitrogens with zero attached hydrogens (tertiary/aromatic N) is 2. The quantitative estimate of drug-likeness (QED) is 0.931. The molecule has 0 aliphatic heterocycles. The second-order valence-corrected chi connectivity index (χ2v) is 8.88. The minimum absolute atomic E-state index is 0.238. The van der Waals surface area contributed by atoms with Crippen LogP contribution in [0.4, 0.5) is 5.69 Å². The minimum Gasteiger partial charge on any atom is -0.322 e. The number of aryl methyl sites for hydroxylation is 1. The lowest BCUT2D eigenvalue weighted by atomic mass is 10.2. The highest BCUT2D eigenvalue weighted by Gasteiger charge is 2.30. The Morgan fingerprint density at radius 1 is 1.22 bits per heavy atom. The molecule has 2 rings (SSSR count). The minimum atomic E-state index is -3.40. The molecule has 0 atom stereocenters. The molecule has 0 saturated carbocycles. The van der Waals surface area contributed by atoms with Gasteiger partial charge in [0.25, 0.3) is 5.91 Å². The lowest BCUT2D eigenvalue weighted by Gasteiger charge is -2.19. The highest BCUT2D eigenvalue weighted by Crippen LogP contribution is 2.25. The molecule has 1 heterocycles. The topological polar surface area (TPSA) is 81.1 Å². The van der Waals surface area contributed by atoms with Crippen molar-refractivity contribution >= 4 is 21.4 Å². The molecule has 0 unspecified atom stereocenters. The fourth-order valence-corrected chi connectivity index (χ4v) is 3.13. The maximum atomic E-state index is 12.3. The van der Waals surface area contributed by atoms with Crippen molar-refractivity contribution in [2.75, 3.05) is 5.32 Å². The third kappa shape index (κ3) is 3.61. The predicted octanol–water partition coefficient (Wildman–Crippen LogP) is 2.73. The Bertz CT molecular complexity index is 800. The van der Waals surface area contributed by atoms with Crippen LogP contribution in [0.15, 0.2) is 41.6 Å². The third-order valence-corrected chi connectivity index (χ3v) is 5.95. The fraction of sp³-hybridized carbons (Fsp3) is 0.375. The molecule has 1 aromatic carbocycles. The molecular weight excluding hydrogens is 314 g/mol. The molecule has 0 radical (unpaired) electrons. The summed E-state index contributed by atoms with van der Waals surface area (Å²) in [5.41, 5.74) is 0.991. The number of rotatable bonds is 4. The number of nitrogens with one attached hydrogen (secondary N) is 1. The average molecular weight is 335 g/mol. The second kappa shape index (κ2) is 6.16. The summed E-state index contributed by atoms with van der Waals surface area (Å²) in [6, 6.07) is 6.18. The number of hydrogen-bond acceptors (Lipinski definition) is 4. The van der Waals surface area contributed by atoms with Gasteiger partial charge in [0, 0.05) is 18.4 Å². The van der Waals surface area contributed by atoms with E-state index in [0.717, 1.165) is 0 Å². The number of carbonyl (C=O) groups is 1. The molecule has 7 heteroatoms. The van der Waals surface area contributed by atoms with Gasteiger partial charge in [0.2, 0.25) is 0 Å². The fourth-order valence-electron chi connectivity index (χ4n) is 1.93. The maximum absolute atomic E-state index is 12.3. The Balaban J connectivity index is 2.16. The van der Waals surface area contributed by atoms with Gasteiger partial charge in [0.15, 0.2) is 9.84 Å². The SMILES string of the molecule is CCn1cc(C(=O)Nc2ccc(S(=O)(=O)C(C)(C)C)cc2)cn1. The average Bonchev–Trinajstić information content (AvgIpc) is 2.95. The summed E-state index contributed by atoms with van der Waals surface area (Å²) in [6.45, 7) is 7.59. The zero-order valence-electron chi connectivity index (χ0n) is 13.7. The molecule has 124 valence electrons. The van der Waals surface area contributed by atoms with Crippen LogP contribution in [-0.2, 0) is 16.4 Å². The van der Waals surface area contributed by atoms with Crippen molar-refractivity contribution in [1.29, 1.82) is 0 Å². The third-order valence-electron chi connectivity index (χ3n) is 3.45. The van der Waals surface area contributed by atoms with E-state index >= 15 is 0 Å². The van der Waals surface area contributed by atoms with Gasteiger partial charge in [-0.15, -0.1) is 0 Å². The Hall–Kier alpha value is -2.15. The first-order valence-electron chi connectivity index (χ1n) is 7.33. The lowest BCUT2D eigenvalue weighted by Crippen LogP contribution is -2.27. The molecule has 1 N–H and O–H groups in total. The first-order chi connectivity index (χ1) is 10.6. The van der Waals surface area contributed by atoms with Crippen LogP contribution in [-0.4, -0.2) is 28.9 Å². The summed E-state index contributed by atoms with van der Waals surface area (Å²) in [5.74, 6) is -0.281. The monoisotopic (exact) mass is 335 g/mol. The number of aromatic nitrogens is 2. The van der Waals surface area contributed by atoms with Crippen molar-refractivity contribution in [3.8, 4) is 0 Å². The van der Waals surface area contributed by atoms with E-state index in [1.807, 2.05) is 6.92 Å². The van der Waals surface area contributed by atoms with Crippen molar-refractivity contribution in [2.24, 2.45) is 0 Å². The Morgan fingerprint density at radius 3 is 2.30 bits per heavy atom. The van der Waals surface area contributed by atoms with Gasteiger partial charge < -0.3 is 5.32 Å². The molecule has 0 saturated heterocycles. The van der Waals surface area contributed by atoms with Crippen LogP contribution < -0.4 is 5.32 Å². The highest BCUT2D eigenvalue weighted by molar-refractivity contribution is 7.92. The van der Waals surface area contributed by atoms with Gasteiger partial charge in [0.05, 0.1) is 21.4 Å². The van der Waals surface area contributed by atoms with Crippen molar-refractivity contribution < 1.29 is 13.2 Å². The van der Waals surface area contributed by atoms with E-state index in [9.17, 15) is 13.2 Å². The number of hydrogen-bond donors (Lipinski definition) is 1. The molecule has 6 nitrogen and oxygen atoms in total. The number of anilines is 1. The summed E-state index contributed by atoms with van der Waals surface area (Å²) in [7, 11) is -3.40. The van der Waals surface area contributed by atoms with Crippen molar-refractivity contribution in [3.05, 3.63) is 42.2 Å². The first-order valence-corrected chi connectivity index (χ1v) is 8.82. The van der Waals surface area contributed by atoms with Crippen LogP contribution in [0.5, 0.6) is 0 Å². The molecule has 1 aromatic heterocycles. The lowest BCUT2D eigenvalue weighted by molar-refractivity contribution is 0.102. The number of sulfone groups is 1. The standard InChI is InChI=1S/C16H21N3O3S/c1-5-19-11-12(10-17-19)15(20)18-13-6-8-14(9-7-13)23(21,22)16(2,3)4/h6-11H,5H2,1-4H3,(H,18,20). The summed E-state index contributed by atoms with van der Waals surface area (Å²) in [6.07, 6.45) is 3.16. The maximum Gasteiger partial charge on any atom is 0.258 e. The summed E-state index contributed by atoms with van der Waals surface area (Å²) < 4.78 is 25.5. The summed E-state index contributed by atoms with van der Waals surface area (Å²) in [5, 5.41) is 6.77. The van der Waals surface area contributed by atoms with E-state index in [1.54, 1.807) is 43.8 Å². The van der Waals surface area contributed by atoms with Gasteiger partial charge in [-0.25, -0.2) is 8.42 Å².